The molecule has 0 spiro atoms. The predicted octanol–water partition coefficient (Wildman–Crippen LogP) is 4.07. The van der Waals surface area contributed by atoms with Crippen LogP contribution in [0.25, 0.3) is 0 Å². The number of hydrogen-bond donors (Lipinski definition) is 2. The first kappa shape index (κ1) is 18.1. The maximum atomic E-state index is 5.82. The Morgan fingerprint density at radius 1 is 1.04 bits per heavy atom. The van der Waals surface area contributed by atoms with E-state index in [-0.39, 0.29) is 6.04 Å². The molecule has 0 heterocycles. The van der Waals surface area contributed by atoms with Gasteiger partial charge in [0.25, 0.3) is 0 Å². The van der Waals surface area contributed by atoms with Gasteiger partial charge in [-0.2, -0.15) is 0 Å². The lowest BCUT2D eigenvalue weighted by Crippen LogP contribution is -2.39. The minimum atomic E-state index is 0.0878. The largest absolute Gasteiger partial charge is 0.497 e. The van der Waals surface area contributed by atoms with E-state index in [1.807, 2.05) is 37.3 Å². The minimum absolute atomic E-state index is 0.0878. The van der Waals surface area contributed by atoms with Crippen molar-refractivity contribution in [3.63, 3.8) is 0 Å². The maximum absolute atomic E-state index is 5.82. The molecule has 2 N–H and O–H groups in total. The van der Waals surface area contributed by atoms with E-state index in [1.165, 1.54) is 11.1 Å². The molecule has 0 aliphatic rings. The Hall–Kier alpha value is -2.27. The second kappa shape index (κ2) is 8.55. The highest BCUT2D eigenvalue weighted by atomic mass is 32.1. The van der Waals surface area contributed by atoms with Crippen molar-refractivity contribution in [2.24, 2.45) is 0 Å². The molecule has 24 heavy (non-hydrogen) atoms. The average Bonchev–Trinajstić information content (AvgIpc) is 2.56. The number of benzene rings is 2. The predicted molar refractivity (Wildman–Crippen MR) is 103 cm³/mol. The summed E-state index contributed by atoms with van der Waals surface area (Å²) in [6, 6.07) is 13.8. The zero-order chi connectivity index (χ0) is 17.5. The first-order valence-electron chi connectivity index (χ1n) is 7.89. The number of aryl methyl sites for hydroxylation is 2. The number of rotatable bonds is 6. The van der Waals surface area contributed by atoms with Crippen LogP contribution in [0.15, 0.2) is 42.5 Å². The molecule has 2 aromatic rings. The molecule has 0 aliphatic carbocycles. The van der Waals surface area contributed by atoms with E-state index in [2.05, 4.69) is 36.6 Å². The summed E-state index contributed by atoms with van der Waals surface area (Å²) in [5.41, 5.74) is 3.40. The van der Waals surface area contributed by atoms with Gasteiger partial charge in [-0.1, -0.05) is 6.07 Å². The van der Waals surface area contributed by atoms with Crippen molar-refractivity contribution in [3.05, 3.63) is 53.6 Å². The van der Waals surface area contributed by atoms with Crippen LogP contribution in [-0.2, 0) is 0 Å². The molecule has 1 unspecified atom stereocenters. The lowest BCUT2D eigenvalue weighted by Gasteiger charge is -2.18. The highest BCUT2D eigenvalue weighted by molar-refractivity contribution is 7.80. The van der Waals surface area contributed by atoms with E-state index in [0.717, 1.165) is 17.2 Å². The molecule has 0 radical (unpaired) electrons. The van der Waals surface area contributed by atoms with E-state index in [9.17, 15) is 0 Å². The van der Waals surface area contributed by atoms with Crippen LogP contribution in [0, 0.1) is 13.8 Å². The normalized spacial score (nSPS) is 11.5. The zero-order valence-corrected chi connectivity index (χ0v) is 15.4. The van der Waals surface area contributed by atoms with Crippen LogP contribution >= 0.6 is 12.2 Å². The highest BCUT2D eigenvalue weighted by Gasteiger charge is 2.06. The molecule has 5 heteroatoms. The zero-order valence-electron chi connectivity index (χ0n) is 14.6. The Morgan fingerprint density at radius 3 is 2.33 bits per heavy atom. The number of hydrogen-bond acceptors (Lipinski definition) is 3. The summed E-state index contributed by atoms with van der Waals surface area (Å²) in [4.78, 5) is 0. The Labute approximate surface area is 149 Å². The van der Waals surface area contributed by atoms with Gasteiger partial charge in [-0.3, -0.25) is 0 Å². The van der Waals surface area contributed by atoms with Crippen LogP contribution in [0.2, 0.25) is 0 Å². The fourth-order valence-corrected chi connectivity index (χ4v) is 2.45. The van der Waals surface area contributed by atoms with Gasteiger partial charge in [0.05, 0.1) is 13.2 Å². The lowest BCUT2D eigenvalue weighted by atomic mass is 10.1. The van der Waals surface area contributed by atoms with Crippen molar-refractivity contribution in [2.75, 3.05) is 19.0 Å². The van der Waals surface area contributed by atoms with Crippen molar-refractivity contribution >= 4 is 23.0 Å². The monoisotopic (exact) mass is 344 g/mol. The quantitative estimate of drug-likeness (QED) is 0.774. The molecule has 0 aromatic heterocycles. The van der Waals surface area contributed by atoms with Crippen molar-refractivity contribution in [1.82, 2.24) is 5.32 Å². The molecule has 0 aliphatic heterocycles. The van der Waals surface area contributed by atoms with Crippen LogP contribution in [0.1, 0.15) is 18.1 Å². The van der Waals surface area contributed by atoms with Gasteiger partial charge in [-0.25, -0.2) is 0 Å². The second-order valence-electron chi connectivity index (χ2n) is 5.79. The molecule has 0 saturated heterocycles. The fourth-order valence-electron chi connectivity index (χ4n) is 2.13. The molecule has 1 atom stereocenters. The first-order chi connectivity index (χ1) is 11.5. The SMILES string of the molecule is COc1ccc(NC(=S)NC(C)COc2ccc(C)c(C)c2)cc1. The van der Waals surface area contributed by atoms with E-state index in [0.29, 0.717) is 11.7 Å². The van der Waals surface area contributed by atoms with Crippen LogP contribution < -0.4 is 20.1 Å². The van der Waals surface area contributed by atoms with Gasteiger partial charge in [0.1, 0.15) is 18.1 Å². The van der Waals surface area contributed by atoms with Crippen molar-refractivity contribution in [2.45, 2.75) is 26.8 Å². The van der Waals surface area contributed by atoms with Gasteiger partial charge in [0, 0.05) is 5.69 Å². The van der Waals surface area contributed by atoms with Crippen LogP contribution in [0.3, 0.4) is 0 Å². The Bertz CT molecular complexity index is 686. The minimum Gasteiger partial charge on any atom is -0.497 e. The van der Waals surface area contributed by atoms with Crippen LogP contribution in [0.5, 0.6) is 11.5 Å². The van der Waals surface area contributed by atoms with Gasteiger partial charge in [0.2, 0.25) is 0 Å². The lowest BCUT2D eigenvalue weighted by molar-refractivity contribution is 0.287. The van der Waals surface area contributed by atoms with Crippen LogP contribution in [-0.4, -0.2) is 24.9 Å². The summed E-state index contributed by atoms with van der Waals surface area (Å²) in [6.07, 6.45) is 0. The summed E-state index contributed by atoms with van der Waals surface area (Å²) in [6.45, 7) is 6.74. The number of methoxy groups -OCH3 is 1. The third kappa shape index (κ3) is 5.42. The molecular weight excluding hydrogens is 320 g/mol. The van der Waals surface area contributed by atoms with Crippen molar-refractivity contribution < 1.29 is 9.47 Å². The second-order valence-corrected chi connectivity index (χ2v) is 6.19. The third-order valence-electron chi connectivity index (χ3n) is 3.70. The molecule has 0 bridgehead atoms. The summed E-state index contributed by atoms with van der Waals surface area (Å²) < 4.78 is 11.0. The molecule has 0 saturated carbocycles. The van der Waals surface area contributed by atoms with Crippen molar-refractivity contribution in [3.8, 4) is 11.5 Å². The van der Waals surface area contributed by atoms with Gasteiger partial charge < -0.3 is 20.1 Å². The van der Waals surface area contributed by atoms with E-state index in [4.69, 9.17) is 21.7 Å². The molecule has 2 aromatic carbocycles. The number of thiocarbonyl (C=S) groups is 1. The Morgan fingerprint density at radius 2 is 1.71 bits per heavy atom. The van der Waals surface area contributed by atoms with Gasteiger partial charge in [-0.05, 0) is 80.5 Å². The van der Waals surface area contributed by atoms with Gasteiger partial charge >= 0.3 is 0 Å². The molecule has 0 amide bonds. The Kier molecular flexibility index (Phi) is 6.44. The molecule has 4 nitrogen and oxygen atoms in total. The summed E-state index contributed by atoms with van der Waals surface area (Å²) in [7, 11) is 1.64. The molecule has 128 valence electrons. The molecule has 2 rings (SSSR count). The standard InChI is InChI=1S/C19H24N2O2S/c1-13-5-8-18(11-14(13)2)23-12-15(3)20-19(24)21-16-6-9-17(22-4)10-7-16/h5-11,15H,12H2,1-4H3,(H2,20,21,24). The van der Waals surface area contributed by atoms with Crippen molar-refractivity contribution in [1.29, 1.82) is 0 Å². The number of anilines is 1. The highest BCUT2D eigenvalue weighted by Crippen LogP contribution is 2.17. The summed E-state index contributed by atoms with van der Waals surface area (Å²) >= 11 is 5.33. The topological polar surface area (TPSA) is 42.5 Å². The molecule has 0 fully saturated rings. The number of nitrogens with one attached hydrogen (secondary N) is 2. The smallest absolute Gasteiger partial charge is 0.171 e. The van der Waals surface area contributed by atoms with Crippen LogP contribution in [0.4, 0.5) is 5.69 Å². The summed E-state index contributed by atoms with van der Waals surface area (Å²) in [5, 5.41) is 6.93. The Balaban J connectivity index is 1.79. The van der Waals surface area contributed by atoms with E-state index in [1.54, 1.807) is 7.11 Å². The maximum Gasteiger partial charge on any atom is 0.171 e. The molecular formula is C19H24N2O2S. The fraction of sp³-hybridized carbons (Fsp3) is 0.316. The first-order valence-corrected chi connectivity index (χ1v) is 8.30. The van der Waals surface area contributed by atoms with E-state index < -0.39 is 0 Å². The van der Waals surface area contributed by atoms with Gasteiger partial charge in [0.15, 0.2) is 5.11 Å². The number of ether oxygens (including phenoxy) is 2. The van der Waals surface area contributed by atoms with Gasteiger partial charge in [-0.15, -0.1) is 0 Å². The summed E-state index contributed by atoms with van der Waals surface area (Å²) in [5.74, 6) is 1.69. The van der Waals surface area contributed by atoms with E-state index >= 15 is 0 Å². The third-order valence-corrected chi connectivity index (χ3v) is 3.92. The average molecular weight is 344 g/mol.